The van der Waals surface area contributed by atoms with Crippen LogP contribution in [0.15, 0.2) is 42.7 Å². The quantitative estimate of drug-likeness (QED) is 0.892. The molecule has 5 heteroatoms. The van der Waals surface area contributed by atoms with Crippen molar-refractivity contribution in [3.63, 3.8) is 0 Å². The van der Waals surface area contributed by atoms with E-state index >= 15 is 0 Å². The summed E-state index contributed by atoms with van der Waals surface area (Å²) in [6.07, 6.45) is 7.47. The molecular weight excluding hydrogens is 290 g/mol. The fourth-order valence-electron chi connectivity index (χ4n) is 2.90. The molecule has 0 saturated carbocycles. The van der Waals surface area contributed by atoms with E-state index in [1.165, 1.54) is 0 Å². The number of ether oxygens (including phenoxy) is 1. The number of nitrogens with zero attached hydrogens (tertiary/aromatic N) is 2. The van der Waals surface area contributed by atoms with Crippen molar-refractivity contribution in [3.8, 4) is 5.69 Å². The summed E-state index contributed by atoms with van der Waals surface area (Å²) in [6.45, 7) is 2.85. The topological polar surface area (TPSA) is 56.1 Å². The summed E-state index contributed by atoms with van der Waals surface area (Å²) in [5.74, 6) is 0.0872. The molecule has 1 fully saturated rings. The fourth-order valence-corrected chi connectivity index (χ4v) is 2.90. The van der Waals surface area contributed by atoms with Crippen molar-refractivity contribution in [1.82, 2.24) is 15.1 Å². The van der Waals surface area contributed by atoms with Crippen molar-refractivity contribution in [1.29, 1.82) is 0 Å². The second-order valence-corrected chi connectivity index (χ2v) is 6.01. The lowest BCUT2D eigenvalue weighted by molar-refractivity contribution is -0.122. The van der Waals surface area contributed by atoms with Crippen LogP contribution in [0.2, 0.25) is 0 Å². The van der Waals surface area contributed by atoms with Gasteiger partial charge in [-0.1, -0.05) is 12.1 Å². The van der Waals surface area contributed by atoms with Gasteiger partial charge in [-0.15, -0.1) is 0 Å². The van der Waals surface area contributed by atoms with Gasteiger partial charge in [-0.2, -0.15) is 5.10 Å². The number of amides is 1. The van der Waals surface area contributed by atoms with Gasteiger partial charge in [0.05, 0.1) is 17.8 Å². The number of hydrogen-bond acceptors (Lipinski definition) is 3. The number of benzene rings is 1. The molecule has 0 spiro atoms. The van der Waals surface area contributed by atoms with E-state index in [1.807, 2.05) is 48.1 Å². The normalized spacial score (nSPS) is 18.7. The number of carbonyl (C=O) groups excluding carboxylic acids is 1. The van der Waals surface area contributed by atoms with E-state index in [-0.39, 0.29) is 18.1 Å². The highest BCUT2D eigenvalue weighted by molar-refractivity contribution is 5.76. The molecule has 1 saturated heterocycles. The Morgan fingerprint density at radius 2 is 2.26 bits per heavy atom. The molecule has 3 rings (SSSR count). The van der Waals surface area contributed by atoms with E-state index in [1.54, 1.807) is 6.20 Å². The Morgan fingerprint density at radius 3 is 2.91 bits per heavy atom. The molecular formula is C18H23N3O2. The van der Waals surface area contributed by atoms with Crippen LogP contribution < -0.4 is 5.32 Å². The zero-order chi connectivity index (χ0) is 16.1. The molecule has 1 N–H and O–H groups in total. The third kappa shape index (κ3) is 4.20. The van der Waals surface area contributed by atoms with Crippen molar-refractivity contribution in [2.45, 2.75) is 44.8 Å². The molecule has 0 bridgehead atoms. The number of carbonyl (C=O) groups is 1. The van der Waals surface area contributed by atoms with Crippen molar-refractivity contribution in [2.75, 3.05) is 6.61 Å². The van der Waals surface area contributed by atoms with E-state index in [0.29, 0.717) is 6.42 Å². The predicted molar refractivity (Wildman–Crippen MR) is 88.3 cm³/mol. The van der Waals surface area contributed by atoms with Crippen LogP contribution in [0.25, 0.3) is 5.69 Å². The van der Waals surface area contributed by atoms with Crippen LogP contribution in [0.3, 0.4) is 0 Å². The lowest BCUT2D eigenvalue weighted by atomic mass is 10.1. The minimum absolute atomic E-state index is 0.00123. The van der Waals surface area contributed by atoms with Gasteiger partial charge in [-0.25, -0.2) is 4.68 Å². The van der Waals surface area contributed by atoms with Gasteiger partial charge in [-0.05, 0) is 49.9 Å². The molecule has 0 radical (unpaired) electrons. The fraction of sp³-hybridized carbons (Fsp3) is 0.444. The van der Waals surface area contributed by atoms with Gasteiger partial charge in [-0.3, -0.25) is 4.79 Å². The Hall–Kier alpha value is -2.14. The maximum atomic E-state index is 12.1. The van der Waals surface area contributed by atoms with Crippen LogP contribution in [0.4, 0.5) is 0 Å². The molecule has 2 atom stereocenters. The molecule has 2 aromatic rings. The van der Waals surface area contributed by atoms with Crippen LogP contribution in [0.1, 0.15) is 44.2 Å². The maximum absolute atomic E-state index is 12.1. The van der Waals surface area contributed by atoms with Crippen LogP contribution in [0.5, 0.6) is 0 Å². The van der Waals surface area contributed by atoms with Gasteiger partial charge in [0, 0.05) is 25.4 Å². The zero-order valence-corrected chi connectivity index (χ0v) is 13.4. The lowest BCUT2D eigenvalue weighted by Gasteiger charge is -2.16. The number of rotatable bonds is 6. The second-order valence-electron chi connectivity index (χ2n) is 6.01. The summed E-state index contributed by atoms with van der Waals surface area (Å²) in [7, 11) is 0. The van der Waals surface area contributed by atoms with Crippen LogP contribution >= 0.6 is 0 Å². The van der Waals surface area contributed by atoms with E-state index < -0.39 is 0 Å². The first-order valence-corrected chi connectivity index (χ1v) is 8.23. The molecule has 1 aliphatic rings. The molecule has 0 aliphatic carbocycles. The molecule has 5 nitrogen and oxygen atoms in total. The zero-order valence-electron chi connectivity index (χ0n) is 13.4. The minimum Gasteiger partial charge on any atom is -0.378 e. The van der Waals surface area contributed by atoms with Crippen molar-refractivity contribution in [2.24, 2.45) is 0 Å². The summed E-state index contributed by atoms with van der Waals surface area (Å²) in [6, 6.07) is 9.97. The molecule has 1 amide bonds. The van der Waals surface area contributed by atoms with Crippen molar-refractivity contribution < 1.29 is 9.53 Å². The van der Waals surface area contributed by atoms with Gasteiger partial charge in [0.25, 0.3) is 0 Å². The highest BCUT2D eigenvalue weighted by Gasteiger charge is 2.17. The predicted octanol–water partition coefficient (Wildman–Crippen LogP) is 3.01. The number of aromatic nitrogens is 2. The smallest absolute Gasteiger partial charge is 0.220 e. The van der Waals surface area contributed by atoms with Crippen molar-refractivity contribution >= 4 is 5.91 Å². The van der Waals surface area contributed by atoms with E-state index in [9.17, 15) is 4.79 Å². The van der Waals surface area contributed by atoms with E-state index in [2.05, 4.69) is 10.4 Å². The van der Waals surface area contributed by atoms with Crippen LogP contribution in [-0.4, -0.2) is 28.4 Å². The summed E-state index contributed by atoms with van der Waals surface area (Å²) in [5, 5.41) is 7.26. The minimum atomic E-state index is -0.00123. The Kier molecular flexibility index (Phi) is 5.08. The summed E-state index contributed by atoms with van der Waals surface area (Å²) >= 11 is 0. The highest BCUT2D eigenvalue weighted by Crippen LogP contribution is 2.18. The first-order valence-electron chi connectivity index (χ1n) is 8.23. The first kappa shape index (κ1) is 15.7. The standard InChI is InChI=1S/C18H23N3O2/c1-14(20-18(22)10-9-17-4-2-13-23-17)15-5-7-16(8-6-15)21-12-3-11-19-21/h3,5-8,11-12,14,17H,2,4,9-10,13H2,1H3,(H,20,22)/t14-,17+/m0/s1. The highest BCUT2D eigenvalue weighted by atomic mass is 16.5. The Labute approximate surface area is 136 Å². The van der Waals surface area contributed by atoms with Crippen molar-refractivity contribution in [3.05, 3.63) is 48.3 Å². The van der Waals surface area contributed by atoms with Gasteiger partial charge in [0.2, 0.25) is 5.91 Å². The van der Waals surface area contributed by atoms with Gasteiger partial charge in [0.15, 0.2) is 0 Å². The summed E-state index contributed by atoms with van der Waals surface area (Å²) in [5.41, 5.74) is 2.10. The Balaban J connectivity index is 1.51. The second kappa shape index (κ2) is 7.42. The first-order chi connectivity index (χ1) is 11.2. The van der Waals surface area contributed by atoms with E-state index in [4.69, 9.17) is 4.74 Å². The molecule has 0 unspecified atom stereocenters. The molecule has 122 valence electrons. The summed E-state index contributed by atoms with van der Waals surface area (Å²) < 4.78 is 7.37. The van der Waals surface area contributed by atoms with Gasteiger partial charge >= 0.3 is 0 Å². The lowest BCUT2D eigenvalue weighted by Crippen LogP contribution is -2.27. The summed E-state index contributed by atoms with van der Waals surface area (Å²) in [4.78, 5) is 12.1. The largest absolute Gasteiger partial charge is 0.378 e. The molecule has 1 aromatic carbocycles. The average Bonchev–Trinajstić information content (AvgIpc) is 3.26. The molecule has 1 aromatic heterocycles. The third-order valence-corrected chi connectivity index (χ3v) is 4.26. The monoisotopic (exact) mass is 313 g/mol. The van der Waals surface area contributed by atoms with Crippen LogP contribution in [0, 0.1) is 0 Å². The number of hydrogen-bond donors (Lipinski definition) is 1. The van der Waals surface area contributed by atoms with E-state index in [0.717, 1.165) is 37.1 Å². The average molecular weight is 313 g/mol. The molecule has 2 heterocycles. The number of nitrogens with one attached hydrogen (secondary N) is 1. The SMILES string of the molecule is C[C@H](NC(=O)CC[C@H]1CCCO1)c1ccc(-n2cccn2)cc1. The van der Waals surface area contributed by atoms with Gasteiger partial charge in [0.1, 0.15) is 0 Å². The Bertz CT molecular complexity index is 616. The maximum Gasteiger partial charge on any atom is 0.220 e. The van der Waals surface area contributed by atoms with Gasteiger partial charge < -0.3 is 10.1 Å². The Morgan fingerprint density at radius 1 is 1.43 bits per heavy atom. The molecule has 1 aliphatic heterocycles. The third-order valence-electron chi connectivity index (χ3n) is 4.26. The van der Waals surface area contributed by atoms with Crippen LogP contribution in [-0.2, 0) is 9.53 Å². The molecule has 23 heavy (non-hydrogen) atoms.